The maximum absolute atomic E-state index is 12.2. The Morgan fingerprint density at radius 3 is 2.55 bits per heavy atom. The van der Waals surface area contributed by atoms with Crippen LogP contribution >= 0.6 is 11.6 Å². The number of amides is 1. The summed E-state index contributed by atoms with van der Waals surface area (Å²) in [6.45, 7) is 8.34. The van der Waals surface area contributed by atoms with Crippen LogP contribution < -0.4 is 10.1 Å². The fourth-order valence-corrected chi connectivity index (χ4v) is 2.77. The first-order valence-corrected chi connectivity index (χ1v) is 8.11. The summed E-state index contributed by atoms with van der Waals surface area (Å²) in [6, 6.07) is 3.69. The largest absolute Gasteiger partial charge is 0.481 e. The number of hydrogen-bond acceptors (Lipinski definition) is 3. The molecule has 0 aromatic heterocycles. The van der Waals surface area contributed by atoms with Crippen LogP contribution in [0.15, 0.2) is 12.1 Å². The highest BCUT2D eigenvalue weighted by Crippen LogP contribution is 2.26. The first-order chi connectivity index (χ1) is 10.4. The predicted molar refractivity (Wildman–Crippen MR) is 87.6 cm³/mol. The molecule has 1 aromatic rings. The van der Waals surface area contributed by atoms with E-state index in [1.54, 1.807) is 6.92 Å². The number of rotatable bonds is 5. The number of carbonyl (C=O) groups excluding carboxylic acids is 1. The predicted octanol–water partition coefficient (Wildman–Crippen LogP) is 3.41. The van der Waals surface area contributed by atoms with Gasteiger partial charge in [0.15, 0.2) is 6.10 Å². The molecular weight excluding hydrogens is 302 g/mol. The van der Waals surface area contributed by atoms with E-state index in [1.807, 2.05) is 32.9 Å². The van der Waals surface area contributed by atoms with Gasteiger partial charge >= 0.3 is 0 Å². The average Bonchev–Trinajstić information content (AvgIpc) is 2.98. The maximum atomic E-state index is 12.2. The van der Waals surface area contributed by atoms with Crippen LogP contribution in [0.3, 0.4) is 0 Å². The second kappa shape index (κ2) is 7.34. The van der Waals surface area contributed by atoms with E-state index in [4.69, 9.17) is 21.1 Å². The SMILES string of the molecule is Cc1cc(O[C@H](C)C(=O)N[C@@H](C)[C@@H]2CCCO2)cc(C)c1Cl. The standard InChI is InChI=1S/C17H24ClNO3/c1-10-8-14(9-11(2)16(10)18)22-13(4)17(20)19-12(3)15-6-5-7-21-15/h8-9,12-13,15H,5-7H2,1-4H3,(H,19,20)/t12-,13+,15-/m0/s1. The Bertz CT molecular complexity index is 518. The summed E-state index contributed by atoms with van der Waals surface area (Å²) in [6.07, 6.45) is 1.59. The van der Waals surface area contributed by atoms with Gasteiger partial charge in [0.2, 0.25) is 0 Å². The number of carbonyl (C=O) groups is 1. The van der Waals surface area contributed by atoms with Crippen molar-refractivity contribution < 1.29 is 14.3 Å². The molecule has 0 aliphatic carbocycles. The molecule has 4 nitrogen and oxygen atoms in total. The summed E-state index contributed by atoms with van der Waals surface area (Å²) in [5.74, 6) is 0.528. The lowest BCUT2D eigenvalue weighted by Gasteiger charge is -2.22. The van der Waals surface area contributed by atoms with E-state index < -0.39 is 6.10 Å². The minimum absolute atomic E-state index is 0.00487. The zero-order valence-electron chi connectivity index (χ0n) is 13.6. The number of hydrogen-bond donors (Lipinski definition) is 1. The van der Waals surface area contributed by atoms with Crippen molar-refractivity contribution in [2.45, 2.75) is 58.8 Å². The van der Waals surface area contributed by atoms with Gasteiger partial charge in [0, 0.05) is 11.6 Å². The highest BCUT2D eigenvalue weighted by Gasteiger charge is 2.25. The minimum Gasteiger partial charge on any atom is -0.481 e. The van der Waals surface area contributed by atoms with Gasteiger partial charge in [0.05, 0.1) is 12.1 Å². The quantitative estimate of drug-likeness (QED) is 0.902. The summed E-state index contributed by atoms with van der Waals surface area (Å²) in [4.78, 5) is 12.2. The van der Waals surface area contributed by atoms with Gasteiger partial charge in [-0.1, -0.05) is 11.6 Å². The van der Waals surface area contributed by atoms with Crippen LogP contribution in [-0.2, 0) is 9.53 Å². The van der Waals surface area contributed by atoms with Crippen molar-refractivity contribution in [3.05, 3.63) is 28.3 Å². The lowest BCUT2D eigenvalue weighted by atomic mass is 10.1. The average molecular weight is 326 g/mol. The highest BCUT2D eigenvalue weighted by molar-refractivity contribution is 6.32. The molecule has 1 saturated heterocycles. The third-order valence-electron chi connectivity index (χ3n) is 3.98. The molecule has 5 heteroatoms. The van der Waals surface area contributed by atoms with Crippen LogP contribution in [0, 0.1) is 13.8 Å². The number of ether oxygens (including phenoxy) is 2. The van der Waals surface area contributed by atoms with Crippen molar-refractivity contribution in [2.75, 3.05) is 6.61 Å². The van der Waals surface area contributed by atoms with Crippen molar-refractivity contribution in [1.29, 1.82) is 0 Å². The summed E-state index contributed by atoms with van der Waals surface area (Å²) in [5, 5.41) is 3.70. The molecule has 1 aromatic carbocycles. The van der Waals surface area contributed by atoms with Gasteiger partial charge in [-0.2, -0.15) is 0 Å². The maximum Gasteiger partial charge on any atom is 0.261 e. The van der Waals surface area contributed by atoms with Crippen molar-refractivity contribution in [2.24, 2.45) is 0 Å². The smallest absolute Gasteiger partial charge is 0.261 e. The molecule has 2 rings (SSSR count). The monoisotopic (exact) mass is 325 g/mol. The Hall–Kier alpha value is -1.26. The van der Waals surface area contributed by atoms with Crippen LogP contribution in [0.25, 0.3) is 0 Å². The van der Waals surface area contributed by atoms with Crippen LogP contribution in [-0.4, -0.2) is 30.8 Å². The van der Waals surface area contributed by atoms with E-state index in [2.05, 4.69) is 5.32 Å². The van der Waals surface area contributed by atoms with Gasteiger partial charge in [-0.3, -0.25) is 4.79 Å². The zero-order valence-corrected chi connectivity index (χ0v) is 14.4. The second-order valence-corrected chi connectivity index (χ2v) is 6.36. The van der Waals surface area contributed by atoms with Crippen LogP contribution in [0.5, 0.6) is 5.75 Å². The van der Waals surface area contributed by atoms with E-state index in [-0.39, 0.29) is 18.1 Å². The summed E-state index contributed by atoms with van der Waals surface area (Å²) in [7, 11) is 0. The molecule has 1 amide bonds. The van der Waals surface area contributed by atoms with E-state index in [0.717, 1.165) is 35.6 Å². The molecule has 0 radical (unpaired) electrons. The Morgan fingerprint density at radius 1 is 1.36 bits per heavy atom. The second-order valence-electron chi connectivity index (χ2n) is 5.98. The molecule has 1 aliphatic rings. The molecule has 0 unspecified atom stereocenters. The molecule has 0 spiro atoms. The molecule has 1 heterocycles. The molecular formula is C17H24ClNO3. The van der Waals surface area contributed by atoms with E-state index in [0.29, 0.717) is 5.75 Å². The molecule has 0 saturated carbocycles. The Morgan fingerprint density at radius 2 is 2.00 bits per heavy atom. The van der Waals surface area contributed by atoms with E-state index in [1.165, 1.54) is 0 Å². The summed E-state index contributed by atoms with van der Waals surface area (Å²) >= 11 is 6.14. The zero-order chi connectivity index (χ0) is 16.3. The topological polar surface area (TPSA) is 47.6 Å². The van der Waals surface area contributed by atoms with Gasteiger partial charge in [-0.25, -0.2) is 0 Å². The van der Waals surface area contributed by atoms with Gasteiger partial charge in [-0.05, 0) is 63.8 Å². The normalized spacial score (nSPS) is 20.5. The summed E-state index contributed by atoms with van der Waals surface area (Å²) < 4.78 is 11.3. The third-order valence-corrected chi connectivity index (χ3v) is 4.58. The van der Waals surface area contributed by atoms with Crippen molar-refractivity contribution in [1.82, 2.24) is 5.32 Å². The van der Waals surface area contributed by atoms with Crippen molar-refractivity contribution >= 4 is 17.5 Å². The molecule has 3 atom stereocenters. The lowest BCUT2D eigenvalue weighted by molar-refractivity contribution is -0.128. The first-order valence-electron chi connectivity index (χ1n) is 7.74. The van der Waals surface area contributed by atoms with E-state index in [9.17, 15) is 4.79 Å². The Labute approximate surface area is 137 Å². The molecule has 122 valence electrons. The highest BCUT2D eigenvalue weighted by atomic mass is 35.5. The first kappa shape index (κ1) is 17.1. The van der Waals surface area contributed by atoms with Gasteiger partial charge in [0.25, 0.3) is 5.91 Å². The third kappa shape index (κ3) is 4.14. The van der Waals surface area contributed by atoms with Gasteiger partial charge < -0.3 is 14.8 Å². The summed E-state index contributed by atoms with van der Waals surface area (Å²) in [5.41, 5.74) is 1.88. The van der Waals surface area contributed by atoms with Crippen LogP contribution in [0.2, 0.25) is 5.02 Å². The minimum atomic E-state index is -0.566. The Balaban J connectivity index is 1.93. The number of halogens is 1. The van der Waals surface area contributed by atoms with Gasteiger partial charge in [0.1, 0.15) is 5.75 Å². The fraction of sp³-hybridized carbons (Fsp3) is 0.588. The fourth-order valence-electron chi connectivity index (χ4n) is 2.66. The molecule has 0 bridgehead atoms. The molecule has 1 fully saturated rings. The number of aryl methyl sites for hydroxylation is 2. The van der Waals surface area contributed by atoms with Crippen molar-refractivity contribution in [3.8, 4) is 5.75 Å². The molecule has 1 aliphatic heterocycles. The molecule has 1 N–H and O–H groups in total. The van der Waals surface area contributed by atoms with Crippen LogP contribution in [0.4, 0.5) is 0 Å². The van der Waals surface area contributed by atoms with Crippen LogP contribution in [0.1, 0.15) is 37.8 Å². The van der Waals surface area contributed by atoms with Crippen molar-refractivity contribution in [3.63, 3.8) is 0 Å². The van der Waals surface area contributed by atoms with E-state index >= 15 is 0 Å². The number of nitrogens with one attached hydrogen (secondary N) is 1. The number of benzene rings is 1. The lowest BCUT2D eigenvalue weighted by Crippen LogP contribution is -2.46. The van der Waals surface area contributed by atoms with Gasteiger partial charge in [-0.15, -0.1) is 0 Å². The molecule has 22 heavy (non-hydrogen) atoms. The Kier molecular flexibility index (Phi) is 5.70.